The van der Waals surface area contributed by atoms with Gasteiger partial charge in [-0.05, 0) is 95.2 Å². The largest absolute Gasteiger partial charge is 0.598 e. The Morgan fingerprint density at radius 2 is 1.64 bits per heavy atom. The average Bonchev–Trinajstić information content (AvgIpc) is 3.85. The molecule has 2 aromatic heterocycles. The van der Waals surface area contributed by atoms with E-state index in [1.165, 1.54) is 29.3 Å². The molecule has 2 aromatic carbocycles. The molecule has 1 saturated carbocycles. The number of anilines is 1. The fourth-order valence-corrected chi connectivity index (χ4v) is 6.78. The molecule has 0 saturated heterocycles. The lowest BCUT2D eigenvalue weighted by molar-refractivity contribution is -0.142. The molecule has 4 aromatic rings. The summed E-state index contributed by atoms with van der Waals surface area (Å²) in [6.07, 6.45) is -1.77. The topological polar surface area (TPSA) is 168 Å². The molecule has 1 aliphatic rings. The van der Waals surface area contributed by atoms with Crippen molar-refractivity contribution in [1.29, 1.82) is 0 Å². The van der Waals surface area contributed by atoms with Gasteiger partial charge < -0.3 is 15.6 Å². The molecule has 5 rings (SSSR count). The molecule has 2 heterocycles. The van der Waals surface area contributed by atoms with Gasteiger partial charge in [0.25, 0.3) is 11.8 Å². The van der Waals surface area contributed by atoms with E-state index in [0.29, 0.717) is 41.5 Å². The third kappa shape index (κ3) is 10.0. The van der Waals surface area contributed by atoms with E-state index in [1.54, 1.807) is 77.9 Å². The fourth-order valence-electron chi connectivity index (χ4n) is 5.82. The van der Waals surface area contributed by atoms with Crippen LogP contribution in [0.3, 0.4) is 0 Å². The molecular weight excluding hydrogens is 755 g/mol. The summed E-state index contributed by atoms with van der Waals surface area (Å²) in [6, 6.07) is 16.0. The smallest absolute Gasteiger partial charge is 0.436 e. The highest BCUT2D eigenvalue weighted by atomic mass is 32.2. The van der Waals surface area contributed by atoms with Crippen molar-refractivity contribution < 1.29 is 41.3 Å². The van der Waals surface area contributed by atoms with E-state index >= 15 is 4.39 Å². The summed E-state index contributed by atoms with van der Waals surface area (Å²) in [5.74, 6) is -2.61. The lowest BCUT2D eigenvalue weighted by Gasteiger charge is -2.38. The first-order valence-electron chi connectivity index (χ1n) is 17.9. The molecule has 0 radical (unpaired) electrons. The van der Waals surface area contributed by atoms with Crippen molar-refractivity contribution in [3.05, 3.63) is 113 Å². The number of amides is 3. The van der Waals surface area contributed by atoms with Gasteiger partial charge in [-0.2, -0.15) is 13.2 Å². The Hall–Kier alpha value is -5.00. The summed E-state index contributed by atoms with van der Waals surface area (Å²) in [5, 5.41) is 5.71. The van der Waals surface area contributed by atoms with E-state index in [2.05, 4.69) is 20.1 Å². The number of primary amides is 1. The highest BCUT2D eigenvalue weighted by molar-refractivity contribution is 7.90. The van der Waals surface area contributed by atoms with Crippen LogP contribution in [0.15, 0.2) is 72.9 Å². The van der Waals surface area contributed by atoms with E-state index in [-0.39, 0.29) is 17.1 Å². The number of hydrogen-bond donors (Lipinski definition) is 3. The molecular formula is C39H45F4N7O5S. The summed E-state index contributed by atoms with van der Waals surface area (Å²) in [4.78, 5) is 50.2. The normalized spacial score (nSPS) is 15.1. The number of carbonyl (C=O) groups is 3. The van der Waals surface area contributed by atoms with E-state index < -0.39 is 74.2 Å². The summed E-state index contributed by atoms with van der Waals surface area (Å²) in [5.41, 5.74) is 1.89. The monoisotopic (exact) mass is 799 g/mol. The third-order valence-electron chi connectivity index (χ3n) is 9.24. The quantitative estimate of drug-likeness (QED) is 0.0950. The highest BCUT2D eigenvalue weighted by Crippen LogP contribution is 2.43. The first-order valence-corrected chi connectivity index (χ1v) is 19.0. The van der Waals surface area contributed by atoms with Crippen LogP contribution in [-0.2, 0) is 29.6 Å². The van der Waals surface area contributed by atoms with Gasteiger partial charge in [0.2, 0.25) is 0 Å². The minimum Gasteiger partial charge on any atom is -0.598 e. The van der Waals surface area contributed by atoms with Crippen LogP contribution in [-0.4, -0.2) is 52.6 Å². The zero-order valence-electron chi connectivity index (χ0n) is 31.9. The Kier molecular flexibility index (Phi) is 12.2. The minimum absolute atomic E-state index is 0.0185. The number of nitrogens with zero attached hydrogens (tertiary/aromatic N) is 4. The van der Waals surface area contributed by atoms with E-state index in [4.69, 9.17) is 10.6 Å². The standard InChI is InChI=1S/C39H45F4N7O5S/c1-36(2,3)49(23-25-10-8-7-9-11-25)35(53)55-50-31(21-32(47-50)39(41,42)43)34(52)46-30-20-26(14-16-28(30)40)38(19-18-24-12-13-24,48-56(54)37(4,5)6)27-15-17-29(33(44)51)45-22-27/h7-11,14-17,20-22,24,48H,12-13,18-19,23H2,1-6H3,(H2,44,51)(H,46,52)/t38-,56-/m1/s1. The van der Waals surface area contributed by atoms with Crippen LogP contribution in [0.2, 0.25) is 0 Å². The molecule has 56 heavy (non-hydrogen) atoms. The molecule has 12 nitrogen and oxygen atoms in total. The second kappa shape index (κ2) is 16.2. The molecule has 0 spiro atoms. The molecule has 0 bridgehead atoms. The van der Waals surface area contributed by atoms with Gasteiger partial charge in [0.15, 0.2) is 11.4 Å². The Morgan fingerprint density at radius 3 is 2.20 bits per heavy atom. The van der Waals surface area contributed by atoms with E-state index in [9.17, 15) is 32.1 Å². The number of benzene rings is 2. The zero-order chi connectivity index (χ0) is 41.2. The molecule has 1 fully saturated rings. The Labute approximate surface area is 325 Å². The van der Waals surface area contributed by atoms with Gasteiger partial charge in [-0.3, -0.25) is 24.3 Å². The number of aromatic nitrogens is 3. The highest BCUT2D eigenvalue weighted by Gasteiger charge is 2.44. The maximum atomic E-state index is 15.6. The average molecular weight is 800 g/mol. The van der Waals surface area contributed by atoms with Crippen molar-refractivity contribution in [1.82, 2.24) is 24.5 Å². The number of halogens is 4. The van der Waals surface area contributed by atoms with Crippen LogP contribution in [0.25, 0.3) is 0 Å². The fraction of sp³-hybridized carbons (Fsp3) is 0.410. The first-order chi connectivity index (χ1) is 26.1. The van der Waals surface area contributed by atoms with Crippen molar-refractivity contribution in [2.45, 2.75) is 95.8 Å². The van der Waals surface area contributed by atoms with Gasteiger partial charge in [-0.1, -0.05) is 60.2 Å². The molecule has 1 aliphatic carbocycles. The van der Waals surface area contributed by atoms with Crippen LogP contribution < -0.4 is 20.6 Å². The molecule has 300 valence electrons. The maximum absolute atomic E-state index is 15.6. The number of hydrogen-bond acceptors (Lipinski definition) is 8. The molecule has 4 N–H and O–H groups in total. The SMILES string of the molecule is CC(C)(C)N(Cc1ccccc1)C(=O)On1nc(C(F)(F)F)cc1C(=O)Nc1cc([C@@](CCC2CC2)(N[S@+]([O-])C(C)(C)C)c2ccc(C(N)=O)nc2)ccc1F. The van der Waals surface area contributed by atoms with Crippen LogP contribution in [0.5, 0.6) is 0 Å². The number of nitrogens with one attached hydrogen (secondary N) is 2. The van der Waals surface area contributed by atoms with Crippen molar-refractivity contribution in [2.24, 2.45) is 11.7 Å². The predicted octanol–water partition coefficient (Wildman–Crippen LogP) is 7.12. The lowest BCUT2D eigenvalue weighted by Crippen LogP contribution is -2.52. The van der Waals surface area contributed by atoms with E-state index in [1.807, 2.05) is 0 Å². The Bertz CT molecular complexity index is 2050. The minimum atomic E-state index is -5.04. The summed E-state index contributed by atoms with van der Waals surface area (Å²) in [7, 11) is 0. The summed E-state index contributed by atoms with van der Waals surface area (Å²) in [6.45, 7) is 10.4. The van der Waals surface area contributed by atoms with Crippen molar-refractivity contribution in [3.8, 4) is 0 Å². The van der Waals surface area contributed by atoms with Gasteiger partial charge in [0, 0.05) is 35.7 Å². The Morgan fingerprint density at radius 1 is 0.982 bits per heavy atom. The molecule has 0 aliphatic heterocycles. The summed E-state index contributed by atoms with van der Waals surface area (Å²) >= 11 is -1.73. The van der Waals surface area contributed by atoms with Crippen molar-refractivity contribution in [2.75, 3.05) is 5.32 Å². The van der Waals surface area contributed by atoms with Crippen LogP contribution in [0.1, 0.15) is 111 Å². The number of rotatable bonds is 13. The van der Waals surface area contributed by atoms with Gasteiger partial charge in [-0.15, -0.1) is 9.82 Å². The van der Waals surface area contributed by atoms with E-state index in [0.717, 1.165) is 18.9 Å². The second-order valence-electron chi connectivity index (χ2n) is 15.7. The number of carbonyl (C=O) groups excluding carboxylic acids is 3. The molecule has 3 amide bonds. The third-order valence-corrected chi connectivity index (χ3v) is 10.9. The lowest BCUT2D eigenvalue weighted by atomic mass is 9.80. The van der Waals surface area contributed by atoms with Gasteiger partial charge in [0.1, 0.15) is 21.8 Å². The Balaban J connectivity index is 1.55. The molecule has 0 unspecified atom stereocenters. The zero-order valence-corrected chi connectivity index (χ0v) is 32.7. The van der Waals surface area contributed by atoms with Crippen LogP contribution in [0, 0.1) is 11.7 Å². The van der Waals surface area contributed by atoms with Gasteiger partial charge in [0.05, 0.1) is 5.69 Å². The molecule has 2 atom stereocenters. The second-order valence-corrected chi connectivity index (χ2v) is 17.7. The van der Waals surface area contributed by atoms with Crippen LogP contribution in [0.4, 0.5) is 28.0 Å². The summed E-state index contributed by atoms with van der Waals surface area (Å²) < 4.78 is 73.8. The van der Waals surface area contributed by atoms with Gasteiger partial charge in [-0.25, -0.2) is 9.18 Å². The number of nitrogens with two attached hydrogens (primary N) is 1. The number of alkyl halides is 3. The maximum Gasteiger partial charge on any atom is 0.436 e. The number of pyridine rings is 1. The first kappa shape index (κ1) is 42.1. The van der Waals surface area contributed by atoms with Crippen molar-refractivity contribution in [3.63, 3.8) is 0 Å². The predicted molar refractivity (Wildman–Crippen MR) is 202 cm³/mol. The van der Waals surface area contributed by atoms with Crippen LogP contribution >= 0.6 is 0 Å². The van der Waals surface area contributed by atoms with Crippen molar-refractivity contribution >= 4 is 35.0 Å². The molecule has 17 heteroatoms. The van der Waals surface area contributed by atoms with Gasteiger partial charge >= 0.3 is 12.3 Å².